The molecule has 0 radical (unpaired) electrons. The highest BCUT2D eigenvalue weighted by Gasteiger charge is 2.24. The van der Waals surface area contributed by atoms with Crippen LogP contribution in [0, 0.1) is 5.92 Å². The Morgan fingerprint density at radius 3 is 2.22 bits per heavy atom. The summed E-state index contributed by atoms with van der Waals surface area (Å²) >= 11 is 1.63. The van der Waals surface area contributed by atoms with Crippen molar-refractivity contribution < 1.29 is 19.1 Å². The number of aryl methyl sites for hydroxylation is 1. The number of ether oxygens (including phenoxy) is 2. The van der Waals surface area contributed by atoms with E-state index in [4.69, 9.17) is 9.47 Å². The average Bonchev–Trinajstić information content (AvgIpc) is 3.50. The lowest BCUT2D eigenvalue weighted by Gasteiger charge is -2.29. The molecule has 7 heteroatoms. The third-order valence-electron chi connectivity index (χ3n) is 7.12. The fourth-order valence-corrected chi connectivity index (χ4v) is 5.58. The van der Waals surface area contributed by atoms with Crippen LogP contribution in [0.25, 0.3) is 0 Å². The van der Waals surface area contributed by atoms with E-state index in [1.54, 1.807) is 30.5 Å². The van der Waals surface area contributed by atoms with Crippen LogP contribution in [-0.4, -0.2) is 55.5 Å². The van der Waals surface area contributed by atoms with Crippen molar-refractivity contribution in [2.45, 2.75) is 65.8 Å². The van der Waals surface area contributed by atoms with Crippen LogP contribution in [0.5, 0.6) is 11.5 Å². The minimum Gasteiger partial charge on any atom is -0.493 e. The lowest BCUT2D eigenvalue weighted by molar-refractivity contribution is -0.132. The minimum atomic E-state index is -0.0967. The van der Waals surface area contributed by atoms with Gasteiger partial charge >= 0.3 is 0 Å². The van der Waals surface area contributed by atoms with Gasteiger partial charge in [-0.1, -0.05) is 64.3 Å². The molecule has 2 aromatic carbocycles. The summed E-state index contributed by atoms with van der Waals surface area (Å²) in [5.74, 6) is 1.43. The molecule has 41 heavy (non-hydrogen) atoms. The largest absolute Gasteiger partial charge is 0.493 e. The summed E-state index contributed by atoms with van der Waals surface area (Å²) in [6, 6.07) is 17.8. The highest BCUT2D eigenvalue weighted by atomic mass is 32.1. The van der Waals surface area contributed by atoms with Crippen molar-refractivity contribution in [1.82, 2.24) is 9.80 Å². The van der Waals surface area contributed by atoms with Gasteiger partial charge in [-0.05, 0) is 72.0 Å². The second kappa shape index (κ2) is 16.8. The van der Waals surface area contributed by atoms with Crippen molar-refractivity contribution >= 4 is 23.2 Å². The van der Waals surface area contributed by atoms with Gasteiger partial charge in [0, 0.05) is 23.5 Å². The maximum absolute atomic E-state index is 13.8. The highest BCUT2D eigenvalue weighted by molar-refractivity contribution is 7.09. The maximum Gasteiger partial charge on any atom is 0.254 e. The fraction of sp³-hybridized carbons (Fsp3) is 0.471. The Bertz CT molecular complexity index is 1210. The number of carbonyl (C=O) groups excluding carboxylic acids is 2. The molecule has 0 aliphatic heterocycles. The minimum absolute atomic E-state index is 0.0487. The molecule has 0 N–H and O–H groups in total. The number of nitrogens with zero attached hydrogens (tertiary/aromatic N) is 2. The first-order chi connectivity index (χ1) is 19.8. The Morgan fingerprint density at radius 2 is 1.59 bits per heavy atom. The molecule has 0 unspecified atom stereocenters. The monoisotopic (exact) mass is 578 g/mol. The number of carbonyl (C=O) groups is 2. The molecule has 1 aromatic heterocycles. The molecule has 0 aliphatic rings. The number of thiophene rings is 1. The lowest BCUT2D eigenvalue weighted by atomic mass is 10.0. The first-order valence-electron chi connectivity index (χ1n) is 14.7. The van der Waals surface area contributed by atoms with E-state index < -0.39 is 0 Å². The van der Waals surface area contributed by atoms with Gasteiger partial charge in [-0.2, -0.15) is 0 Å². The number of benzene rings is 2. The van der Waals surface area contributed by atoms with Crippen LogP contribution in [-0.2, 0) is 24.2 Å². The predicted molar refractivity (Wildman–Crippen MR) is 168 cm³/mol. The molecule has 2 amide bonds. The third kappa shape index (κ3) is 10.2. The highest BCUT2D eigenvalue weighted by Crippen LogP contribution is 2.28. The van der Waals surface area contributed by atoms with E-state index >= 15 is 0 Å². The summed E-state index contributed by atoms with van der Waals surface area (Å²) in [5.41, 5.74) is 2.93. The summed E-state index contributed by atoms with van der Waals surface area (Å²) in [6.45, 7) is 7.98. The van der Waals surface area contributed by atoms with Crippen molar-refractivity contribution in [3.05, 3.63) is 81.5 Å². The Labute approximate surface area is 250 Å². The fourth-order valence-electron chi connectivity index (χ4n) is 4.86. The number of unbranched alkanes of at least 4 members (excludes halogenated alkanes) is 3. The molecule has 0 fully saturated rings. The molecule has 0 atom stereocenters. The Hall–Kier alpha value is -3.32. The molecule has 3 rings (SSSR count). The molecule has 0 bridgehead atoms. The van der Waals surface area contributed by atoms with Gasteiger partial charge in [0.2, 0.25) is 5.91 Å². The van der Waals surface area contributed by atoms with Crippen LogP contribution in [0.3, 0.4) is 0 Å². The maximum atomic E-state index is 13.8. The summed E-state index contributed by atoms with van der Waals surface area (Å²) in [7, 11) is 3.24. The summed E-state index contributed by atoms with van der Waals surface area (Å²) in [6.07, 6.45) is 6.56. The molecular formula is C34H46N2O4S. The number of rotatable bonds is 17. The zero-order valence-corrected chi connectivity index (χ0v) is 26.2. The third-order valence-corrected chi connectivity index (χ3v) is 7.98. The zero-order valence-electron chi connectivity index (χ0n) is 25.4. The SMILES string of the molecule is CCCCCCc1ccc(C(=O)N(CC(=O)N(CCc2ccc(OC)c(OC)c2)Cc2cccs2)CC(C)C)cc1. The van der Waals surface area contributed by atoms with Crippen LogP contribution < -0.4 is 9.47 Å². The van der Waals surface area contributed by atoms with Gasteiger partial charge in [-0.15, -0.1) is 11.3 Å². The van der Waals surface area contributed by atoms with Crippen LogP contribution in [0.4, 0.5) is 0 Å². The van der Waals surface area contributed by atoms with E-state index in [2.05, 4.69) is 32.9 Å². The molecule has 0 spiro atoms. The number of amides is 2. The predicted octanol–water partition coefficient (Wildman–Crippen LogP) is 7.26. The first kappa shape index (κ1) is 32.2. The van der Waals surface area contributed by atoms with Gasteiger partial charge in [0.05, 0.1) is 20.8 Å². The second-order valence-electron chi connectivity index (χ2n) is 10.9. The van der Waals surface area contributed by atoms with Crippen molar-refractivity contribution in [1.29, 1.82) is 0 Å². The van der Waals surface area contributed by atoms with Crippen molar-refractivity contribution in [2.24, 2.45) is 5.92 Å². The Kier molecular flexibility index (Phi) is 13.2. The summed E-state index contributed by atoms with van der Waals surface area (Å²) in [5, 5.41) is 2.02. The van der Waals surface area contributed by atoms with Crippen LogP contribution in [0.2, 0.25) is 0 Å². The Morgan fingerprint density at radius 1 is 0.854 bits per heavy atom. The van der Waals surface area contributed by atoms with Crippen LogP contribution in [0.1, 0.15) is 72.8 Å². The Balaban J connectivity index is 1.72. The zero-order chi connectivity index (χ0) is 29.6. The van der Waals surface area contributed by atoms with E-state index in [0.717, 1.165) is 16.9 Å². The van der Waals surface area contributed by atoms with E-state index in [1.165, 1.54) is 31.2 Å². The smallest absolute Gasteiger partial charge is 0.254 e. The number of hydrogen-bond donors (Lipinski definition) is 0. The second-order valence-corrected chi connectivity index (χ2v) is 12.0. The van der Waals surface area contributed by atoms with Gasteiger partial charge in [0.15, 0.2) is 11.5 Å². The number of methoxy groups -OCH3 is 2. The number of hydrogen-bond acceptors (Lipinski definition) is 5. The molecule has 222 valence electrons. The first-order valence-corrected chi connectivity index (χ1v) is 15.6. The van der Waals surface area contributed by atoms with Gasteiger partial charge in [0.25, 0.3) is 5.91 Å². The van der Waals surface area contributed by atoms with E-state index in [1.807, 2.05) is 52.7 Å². The molecule has 3 aromatic rings. The van der Waals surface area contributed by atoms with Crippen molar-refractivity contribution in [3.8, 4) is 11.5 Å². The van der Waals surface area contributed by atoms with E-state index in [-0.39, 0.29) is 24.3 Å². The molecule has 0 saturated heterocycles. The van der Waals surface area contributed by atoms with E-state index in [9.17, 15) is 9.59 Å². The molecule has 0 saturated carbocycles. The quantitative estimate of drug-likeness (QED) is 0.158. The topological polar surface area (TPSA) is 59.1 Å². The van der Waals surface area contributed by atoms with Crippen LogP contribution >= 0.6 is 11.3 Å². The summed E-state index contributed by atoms with van der Waals surface area (Å²) < 4.78 is 10.8. The lowest BCUT2D eigenvalue weighted by Crippen LogP contribution is -2.44. The molecular weight excluding hydrogens is 532 g/mol. The van der Waals surface area contributed by atoms with Gasteiger partial charge in [-0.3, -0.25) is 9.59 Å². The standard InChI is InChI=1S/C34H46N2O4S/c1-6-7-8-9-11-27-13-16-29(17-14-27)34(38)36(23-26(2)3)25-33(37)35(24-30-12-10-21-41-30)20-19-28-15-18-31(39-4)32(22-28)40-5/h10,12-18,21-22,26H,6-9,11,19-20,23-25H2,1-5H3. The van der Waals surface area contributed by atoms with Gasteiger partial charge in [-0.25, -0.2) is 0 Å². The molecule has 6 nitrogen and oxygen atoms in total. The van der Waals surface area contributed by atoms with Gasteiger partial charge in [0.1, 0.15) is 6.54 Å². The molecule has 1 heterocycles. The average molecular weight is 579 g/mol. The van der Waals surface area contributed by atoms with Gasteiger partial charge < -0.3 is 19.3 Å². The van der Waals surface area contributed by atoms with Crippen molar-refractivity contribution in [3.63, 3.8) is 0 Å². The van der Waals surface area contributed by atoms with Crippen LogP contribution in [0.15, 0.2) is 60.0 Å². The normalized spacial score (nSPS) is 11.0. The van der Waals surface area contributed by atoms with E-state index in [0.29, 0.717) is 43.1 Å². The molecule has 0 aliphatic carbocycles. The van der Waals surface area contributed by atoms with Crippen molar-refractivity contribution in [2.75, 3.05) is 33.9 Å². The summed E-state index contributed by atoms with van der Waals surface area (Å²) in [4.78, 5) is 32.1.